The van der Waals surface area contributed by atoms with Crippen LogP contribution in [0.3, 0.4) is 0 Å². The Bertz CT molecular complexity index is 568. The molecule has 0 saturated heterocycles. The molecule has 1 aromatic rings. The van der Waals surface area contributed by atoms with Gasteiger partial charge in [0.15, 0.2) is 5.44 Å². The monoisotopic (exact) mass is 275 g/mol. The summed E-state index contributed by atoms with van der Waals surface area (Å²) < 4.78 is 30.1. The molecule has 9 heteroatoms. The number of hydrogen-bond donors (Lipinski definition) is 3. The zero-order valence-corrected chi connectivity index (χ0v) is 9.61. The molecule has 2 unspecified atom stereocenters. The first-order valence-corrected chi connectivity index (χ1v) is 6.06. The van der Waals surface area contributed by atoms with Gasteiger partial charge >= 0.3 is 5.97 Å². The number of carboxylic acids is 1. The van der Waals surface area contributed by atoms with E-state index in [9.17, 15) is 23.1 Å². The van der Waals surface area contributed by atoms with E-state index < -0.39 is 27.4 Å². The fourth-order valence-electron chi connectivity index (χ4n) is 1.23. The molecule has 0 aromatic carbocycles. The number of aromatic carboxylic acids is 1. The normalized spacial score (nSPS) is 14.8. The summed E-state index contributed by atoms with van der Waals surface area (Å²) in [4.78, 5) is 25.0. The molecule has 0 aliphatic heterocycles. The molecule has 0 spiro atoms. The average molecular weight is 275 g/mol. The molecule has 0 saturated carbocycles. The Balaban J connectivity index is 3.21. The van der Waals surface area contributed by atoms with Crippen LogP contribution in [-0.2, 0) is 14.9 Å². The fourth-order valence-corrected chi connectivity index (χ4v) is 1.81. The molecule has 1 rings (SSSR count). The summed E-state index contributed by atoms with van der Waals surface area (Å²) in [6.45, 7) is 0. The molecule has 0 aliphatic carbocycles. The SMILES string of the molecule is O=CC(c1cc(C(=O)O)ccn1)C(O)S(=O)(=O)O. The predicted molar refractivity (Wildman–Crippen MR) is 57.6 cm³/mol. The van der Waals surface area contributed by atoms with E-state index in [-0.39, 0.29) is 17.5 Å². The van der Waals surface area contributed by atoms with Crippen molar-refractivity contribution < 1.29 is 32.8 Å². The van der Waals surface area contributed by atoms with Crippen LogP contribution in [0.2, 0.25) is 0 Å². The zero-order valence-electron chi connectivity index (χ0n) is 8.79. The second kappa shape index (κ2) is 5.21. The van der Waals surface area contributed by atoms with E-state index in [4.69, 9.17) is 9.66 Å². The Kier molecular flexibility index (Phi) is 4.11. The maximum atomic E-state index is 10.8. The van der Waals surface area contributed by atoms with Crippen LogP contribution in [0.1, 0.15) is 22.0 Å². The number of pyridine rings is 1. The second-order valence-corrected chi connectivity index (χ2v) is 4.85. The number of aliphatic hydroxyl groups excluding tert-OH is 1. The lowest BCUT2D eigenvalue weighted by Gasteiger charge is -2.14. The van der Waals surface area contributed by atoms with Gasteiger partial charge in [0.2, 0.25) is 0 Å². The Morgan fingerprint density at radius 2 is 2.06 bits per heavy atom. The minimum absolute atomic E-state index is 0.0619. The van der Waals surface area contributed by atoms with Crippen molar-refractivity contribution in [1.82, 2.24) is 4.98 Å². The number of aromatic nitrogens is 1. The molecule has 0 aliphatic rings. The van der Waals surface area contributed by atoms with Crippen LogP contribution < -0.4 is 0 Å². The summed E-state index contributed by atoms with van der Waals surface area (Å²) in [6.07, 6.45) is 1.11. The number of aldehydes is 1. The lowest BCUT2D eigenvalue weighted by atomic mass is 10.1. The molecule has 8 nitrogen and oxygen atoms in total. The van der Waals surface area contributed by atoms with Gasteiger partial charge < -0.3 is 15.0 Å². The second-order valence-electron chi connectivity index (χ2n) is 3.34. The number of hydrogen-bond acceptors (Lipinski definition) is 6. The van der Waals surface area contributed by atoms with E-state index in [0.717, 1.165) is 18.3 Å². The number of carbonyl (C=O) groups is 2. The summed E-state index contributed by atoms with van der Waals surface area (Å²) in [5.41, 5.74) is -2.89. The number of nitrogens with zero attached hydrogens (tertiary/aromatic N) is 1. The van der Waals surface area contributed by atoms with E-state index in [1.165, 1.54) is 0 Å². The van der Waals surface area contributed by atoms with Gasteiger partial charge in [0.05, 0.1) is 17.2 Å². The molecule has 0 fully saturated rings. The molecule has 0 bridgehead atoms. The van der Waals surface area contributed by atoms with E-state index in [0.29, 0.717) is 0 Å². The molecular formula is C9H9NO7S. The highest BCUT2D eigenvalue weighted by Crippen LogP contribution is 2.19. The summed E-state index contributed by atoms with van der Waals surface area (Å²) in [5, 5.41) is 18.0. The number of carbonyl (C=O) groups excluding carboxylic acids is 1. The predicted octanol–water partition coefficient (Wildman–Crippen LogP) is -0.731. The Morgan fingerprint density at radius 3 is 2.50 bits per heavy atom. The zero-order chi connectivity index (χ0) is 13.9. The summed E-state index contributed by atoms with van der Waals surface area (Å²) in [6, 6.07) is 2.07. The van der Waals surface area contributed by atoms with Gasteiger partial charge in [0.1, 0.15) is 6.29 Å². The van der Waals surface area contributed by atoms with Crippen LogP contribution in [0.25, 0.3) is 0 Å². The van der Waals surface area contributed by atoms with Crippen LogP contribution in [0, 0.1) is 0 Å². The number of aliphatic hydroxyl groups is 1. The van der Waals surface area contributed by atoms with E-state index in [1.807, 2.05) is 0 Å². The molecule has 18 heavy (non-hydrogen) atoms. The molecule has 1 aromatic heterocycles. The Morgan fingerprint density at radius 1 is 1.44 bits per heavy atom. The molecule has 0 amide bonds. The van der Waals surface area contributed by atoms with Gasteiger partial charge in [-0.2, -0.15) is 8.42 Å². The maximum Gasteiger partial charge on any atom is 0.335 e. The minimum Gasteiger partial charge on any atom is -0.478 e. The summed E-state index contributed by atoms with van der Waals surface area (Å²) in [5.74, 6) is -2.97. The molecule has 0 radical (unpaired) electrons. The Hall–Kier alpha value is -1.84. The molecule has 2 atom stereocenters. The van der Waals surface area contributed by atoms with Crippen LogP contribution in [0.5, 0.6) is 0 Å². The van der Waals surface area contributed by atoms with Crippen LogP contribution in [0.15, 0.2) is 18.3 Å². The third-order valence-electron chi connectivity index (χ3n) is 2.13. The van der Waals surface area contributed by atoms with Crippen LogP contribution >= 0.6 is 0 Å². The van der Waals surface area contributed by atoms with Gasteiger partial charge in [-0.05, 0) is 12.1 Å². The van der Waals surface area contributed by atoms with Crippen molar-refractivity contribution >= 4 is 22.4 Å². The molecule has 3 N–H and O–H groups in total. The highest BCUT2D eigenvalue weighted by molar-refractivity contribution is 7.86. The van der Waals surface area contributed by atoms with Crippen molar-refractivity contribution in [2.24, 2.45) is 0 Å². The standard InChI is InChI=1S/C9H9NO7S/c11-4-6(9(14)18(15,16)17)7-3-5(8(12)13)1-2-10-7/h1-4,6,9,14H,(H,12,13)(H,15,16,17). The number of rotatable bonds is 5. The van der Waals surface area contributed by atoms with Gasteiger partial charge in [-0.15, -0.1) is 0 Å². The number of carboxylic acid groups (broad SMARTS) is 1. The maximum absolute atomic E-state index is 10.8. The third-order valence-corrected chi connectivity index (χ3v) is 3.03. The molecule has 98 valence electrons. The van der Waals surface area contributed by atoms with Crippen molar-refractivity contribution in [2.75, 3.05) is 0 Å². The van der Waals surface area contributed by atoms with Gasteiger partial charge in [-0.1, -0.05) is 0 Å². The van der Waals surface area contributed by atoms with Crippen molar-refractivity contribution in [1.29, 1.82) is 0 Å². The van der Waals surface area contributed by atoms with Crippen LogP contribution in [0.4, 0.5) is 0 Å². The highest BCUT2D eigenvalue weighted by atomic mass is 32.2. The van der Waals surface area contributed by atoms with Gasteiger partial charge in [-0.3, -0.25) is 9.54 Å². The minimum atomic E-state index is -4.86. The molecule has 1 heterocycles. The topological polar surface area (TPSA) is 142 Å². The fraction of sp³-hybridized carbons (Fsp3) is 0.222. The van der Waals surface area contributed by atoms with Crippen LogP contribution in [-0.4, -0.2) is 45.9 Å². The first-order valence-electron chi connectivity index (χ1n) is 4.56. The van der Waals surface area contributed by atoms with Crippen molar-refractivity contribution in [3.63, 3.8) is 0 Å². The van der Waals surface area contributed by atoms with Crippen molar-refractivity contribution in [3.8, 4) is 0 Å². The lowest BCUT2D eigenvalue weighted by Crippen LogP contribution is -2.29. The first-order chi connectivity index (χ1) is 8.27. The Labute approximate surface area is 102 Å². The quantitative estimate of drug-likeness (QED) is 0.471. The van der Waals surface area contributed by atoms with Crippen molar-refractivity contribution in [2.45, 2.75) is 11.4 Å². The van der Waals surface area contributed by atoms with E-state index >= 15 is 0 Å². The first kappa shape index (κ1) is 14.2. The largest absolute Gasteiger partial charge is 0.478 e. The highest BCUT2D eigenvalue weighted by Gasteiger charge is 2.32. The van der Waals surface area contributed by atoms with E-state index in [1.54, 1.807) is 0 Å². The lowest BCUT2D eigenvalue weighted by molar-refractivity contribution is -0.110. The van der Waals surface area contributed by atoms with Gasteiger partial charge in [-0.25, -0.2) is 4.79 Å². The third kappa shape index (κ3) is 3.09. The van der Waals surface area contributed by atoms with Crippen molar-refractivity contribution in [3.05, 3.63) is 29.6 Å². The van der Waals surface area contributed by atoms with Gasteiger partial charge in [0, 0.05) is 6.20 Å². The average Bonchev–Trinajstić information content (AvgIpc) is 2.29. The summed E-state index contributed by atoms with van der Waals surface area (Å²) in [7, 11) is -4.86. The van der Waals surface area contributed by atoms with Gasteiger partial charge in [0.25, 0.3) is 10.1 Å². The smallest absolute Gasteiger partial charge is 0.335 e. The molecular weight excluding hydrogens is 266 g/mol. The summed E-state index contributed by atoms with van der Waals surface area (Å²) >= 11 is 0. The van der Waals surface area contributed by atoms with E-state index in [2.05, 4.69) is 4.98 Å².